The van der Waals surface area contributed by atoms with E-state index in [1.807, 2.05) is 0 Å². The molecule has 3 rings (SSSR count). The fraction of sp³-hybridized carbons (Fsp3) is 0.429. The summed E-state index contributed by atoms with van der Waals surface area (Å²) >= 11 is 0. The van der Waals surface area contributed by atoms with Crippen LogP contribution in [0.4, 0.5) is 0 Å². The Kier molecular flexibility index (Phi) is 8.70. The van der Waals surface area contributed by atoms with Crippen molar-refractivity contribution in [2.75, 3.05) is 6.61 Å². The molecule has 0 aromatic heterocycles. The lowest BCUT2D eigenvalue weighted by molar-refractivity contribution is -0.195. The fourth-order valence-corrected chi connectivity index (χ4v) is 4.60. The highest BCUT2D eigenvalue weighted by Gasteiger charge is 2.73. The van der Waals surface area contributed by atoms with Crippen LogP contribution < -0.4 is 0 Å². The quantitative estimate of drug-likeness (QED) is 0.294. The number of likely N-dealkylation sites (tertiary alicyclic amines) is 1. The van der Waals surface area contributed by atoms with Gasteiger partial charge in [-0.2, -0.15) is 0 Å². The van der Waals surface area contributed by atoms with Gasteiger partial charge in [-0.15, -0.1) is 0 Å². The van der Waals surface area contributed by atoms with E-state index in [1.54, 1.807) is 81.4 Å². The van der Waals surface area contributed by atoms with Gasteiger partial charge in [-0.05, 0) is 30.9 Å². The number of hydrogen-bond acceptors (Lipinski definition) is 8. The zero-order valence-electron chi connectivity index (χ0n) is 21.5. The molecule has 1 N–H and O–H groups in total. The molecule has 1 aliphatic heterocycles. The monoisotopic (exact) mass is 511 g/mol. The predicted molar refractivity (Wildman–Crippen MR) is 133 cm³/mol. The average molecular weight is 512 g/mol. The summed E-state index contributed by atoms with van der Waals surface area (Å²) in [5, 5.41) is 11.5. The Morgan fingerprint density at radius 3 is 1.76 bits per heavy atom. The van der Waals surface area contributed by atoms with Gasteiger partial charge in [-0.3, -0.25) is 4.79 Å². The summed E-state index contributed by atoms with van der Waals surface area (Å²) in [6, 6.07) is 16.1. The lowest BCUT2D eigenvalue weighted by atomic mass is 9.80. The van der Waals surface area contributed by atoms with E-state index in [9.17, 15) is 24.3 Å². The van der Waals surface area contributed by atoms with E-state index in [0.717, 1.165) is 4.90 Å². The highest BCUT2D eigenvalue weighted by molar-refractivity contribution is 6.13. The highest BCUT2D eigenvalue weighted by Crippen LogP contribution is 2.44. The number of carbonyl (C=O) groups excluding carboxylic acids is 4. The van der Waals surface area contributed by atoms with Gasteiger partial charge in [-0.25, -0.2) is 14.4 Å². The molecule has 37 heavy (non-hydrogen) atoms. The Labute approximate surface area is 216 Å². The van der Waals surface area contributed by atoms with E-state index in [0.29, 0.717) is 11.1 Å². The number of rotatable bonds is 10. The lowest BCUT2D eigenvalue weighted by Crippen LogP contribution is -2.71. The molecule has 0 radical (unpaired) electrons. The molecule has 0 spiro atoms. The summed E-state index contributed by atoms with van der Waals surface area (Å²) in [6.07, 6.45) is -0.601. The van der Waals surface area contributed by atoms with Crippen LogP contribution in [-0.4, -0.2) is 57.6 Å². The summed E-state index contributed by atoms with van der Waals surface area (Å²) < 4.78 is 16.2. The Morgan fingerprint density at radius 1 is 0.892 bits per heavy atom. The maximum atomic E-state index is 13.8. The summed E-state index contributed by atoms with van der Waals surface area (Å²) in [5.74, 6) is -4.54. The second-order valence-electron chi connectivity index (χ2n) is 9.49. The van der Waals surface area contributed by atoms with E-state index >= 15 is 0 Å². The Balaban J connectivity index is 2.09. The molecule has 9 nitrogen and oxygen atoms in total. The molecule has 2 atom stereocenters. The molecule has 2 aromatic rings. The van der Waals surface area contributed by atoms with Gasteiger partial charge in [0.2, 0.25) is 5.91 Å². The van der Waals surface area contributed by atoms with E-state index in [1.165, 1.54) is 6.92 Å². The molecular weight excluding hydrogens is 478 g/mol. The van der Waals surface area contributed by atoms with Crippen LogP contribution in [0.25, 0.3) is 0 Å². The molecule has 1 saturated heterocycles. The van der Waals surface area contributed by atoms with Crippen molar-refractivity contribution in [3.63, 3.8) is 0 Å². The molecule has 1 aliphatic rings. The normalized spacial score (nSPS) is 19.4. The van der Waals surface area contributed by atoms with Crippen LogP contribution in [-0.2, 0) is 46.6 Å². The van der Waals surface area contributed by atoms with E-state index < -0.39 is 53.3 Å². The van der Waals surface area contributed by atoms with Crippen molar-refractivity contribution < 1.29 is 38.5 Å². The van der Waals surface area contributed by atoms with Crippen molar-refractivity contribution in [3.8, 4) is 0 Å². The Hall–Kier alpha value is -3.72. The second kappa shape index (κ2) is 11.6. The molecule has 1 amide bonds. The molecule has 1 unspecified atom stereocenters. The maximum Gasteiger partial charge on any atom is 0.347 e. The van der Waals surface area contributed by atoms with Crippen molar-refractivity contribution in [2.45, 2.75) is 64.5 Å². The number of carbonyl (C=O) groups is 4. The van der Waals surface area contributed by atoms with Gasteiger partial charge in [0.1, 0.15) is 24.9 Å². The van der Waals surface area contributed by atoms with Gasteiger partial charge >= 0.3 is 17.9 Å². The number of amides is 1. The molecule has 198 valence electrons. The minimum atomic E-state index is -2.64. The molecule has 1 fully saturated rings. The van der Waals surface area contributed by atoms with Gasteiger partial charge < -0.3 is 24.2 Å². The number of aliphatic hydroxyl groups is 1. The van der Waals surface area contributed by atoms with E-state index in [2.05, 4.69) is 0 Å². The first-order chi connectivity index (χ1) is 17.6. The molecule has 0 aliphatic carbocycles. The summed E-state index contributed by atoms with van der Waals surface area (Å²) in [6.45, 7) is 5.67. The summed E-state index contributed by atoms with van der Waals surface area (Å²) in [5.41, 5.74) is -3.63. The average Bonchev–Trinajstić information content (AvgIpc) is 3.07. The van der Waals surface area contributed by atoms with Gasteiger partial charge in [0.15, 0.2) is 0 Å². The first-order valence-corrected chi connectivity index (χ1v) is 12.2. The molecular formula is C28H33NO8. The van der Waals surface area contributed by atoms with Crippen LogP contribution in [0.1, 0.15) is 45.2 Å². The van der Waals surface area contributed by atoms with E-state index in [-0.39, 0.29) is 19.8 Å². The predicted octanol–water partition coefficient (Wildman–Crippen LogP) is 2.78. The second-order valence-corrected chi connectivity index (χ2v) is 9.49. The van der Waals surface area contributed by atoms with Crippen LogP contribution in [0.3, 0.4) is 0 Å². The zero-order chi connectivity index (χ0) is 27.2. The molecule has 0 saturated carbocycles. The van der Waals surface area contributed by atoms with Crippen molar-refractivity contribution >= 4 is 23.8 Å². The molecule has 2 aromatic carbocycles. The van der Waals surface area contributed by atoms with Gasteiger partial charge in [-0.1, -0.05) is 74.5 Å². The Bertz CT molecular complexity index is 1060. The van der Waals surface area contributed by atoms with Crippen molar-refractivity contribution in [2.24, 2.45) is 5.92 Å². The number of esters is 3. The highest BCUT2D eigenvalue weighted by atomic mass is 16.6. The van der Waals surface area contributed by atoms with Crippen LogP contribution in [0, 0.1) is 5.92 Å². The fourth-order valence-electron chi connectivity index (χ4n) is 4.60. The first kappa shape index (κ1) is 27.9. The lowest BCUT2D eigenvalue weighted by Gasteiger charge is -2.43. The standard InChI is InChI=1S/C28H33NO8/c1-5-35-24(31)23(19(2)3)29-22(30)16-27(4,34)28(29,25(32)36-17-20-12-8-6-9-13-20)26(33)37-18-21-14-10-7-11-15-21/h6-15,19,23,34H,5,16-18H2,1-4H3/t23-,27?/m1/s1. The third-order valence-corrected chi connectivity index (χ3v) is 6.36. The third-order valence-electron chi connectivity index (χ3n) is 6.36. The minimum absolute atomic E-state index is 0.0182. The Morgan fingerprint density at radius 2 is 1.35 bits per heavy atom. The SMILES string of the molecule is CCOC(=O)[C@@H](C(C)C)N1C(=O)CC(C)(O)C1(C(=O)OCc1ccccc1)C(=O)OCc1ccccc1. The minimum Gasteiger partial charge on any atom is -0.464 e. The summed E-state index contributed by atoms with van der Waals surface area (Å²) in [4.78, 5) is 54.9. The number of nitrogens with zero attached hydrogens (tertiary/aromatic N) is 1. The zero-order valence-corrected chi connectivity index (χ0v) is 21.5. The van der Waals surface area contributed by atoms with Crippen molar-refractivity contribution in [1.29, 1.82) is 0 Å². The van der Waals surface area contributed by atoms with E-state index in [4.69, 9.17) is 14.2 Å². The van der Waals surface area contributed by atoms with Crippen LogP contribution >= 0.6 is 0 Å². The molecule has 1 heterocycles. The third kappa shape index (κ3) is 5.51. The molecule has 9 heteroatoms. The number of ether oxygens (including phenoxy) is 3. The number of hydrogen-bond donors (Lipinski definition) is 1. The van der Waals surface area contributed by atoms with Crippen molar-refractivity contribution in [1.82, 2.24) is 4.90 Å². The molecule has 0 bridgehead atoms. The van der Waals surface area contributed by atoms with Gasteiger partial charge in [0.05, 0.1) is 13.0 Å². The summed E-state index contributed by atoms with van der Waals surface area (Å²) in [7, 11) is 0. The van der Waals surface area contributed by atoms with Crippen LogP contribution in [0.5, 0.6) is 0 Å². The first-order valence-electron chi connectivity index (χ1n) is 12.2. The van der Waals surface area contributed by atoms with Crippen LogP contribution in [0.2, 0.25) is 0 Å². The smallest absolute Gasteiger partial charge is 0.347 e. The maximum absolute atomic E-state index is 13.8. The number of benzene rings is 2. The van der Waals surface area contributed by atoms with Crippen molar-refractivity contribution in [3.05, 3.63) is 71.8 Å². The van der Waals surface area contributed by atoms with Crippen LogP contribution in [0.15, 0.2) is 60.7 Å². The topological polar surface area (TPSA) is 119 Å². The van der Waals surface area contributed by atoms with Gasteiger partial charge in [0, 0.05) is 0 Å². The largest absolute Gasteiger partial charge is 0.464 e. The van der Waals surface area contributed by atoms with Gasteiger partial charge in [0.25, 0.3) is 5.54 Å².